The molecule has 0 fully saturated rings. The Kier molecular flexibility index (Phi) is 5.07. The molecule has 0 N–H and O–H groups in total. The minimum absolute atomic E-state index is 0.0157. The lowest BCUT2D eigenvalue weighted by molar-refractivity contribution is -0.126. The molecule has 1 aromatic heterocycles. The lowest BCUT2D eigenvalue weighted by atomic mass is 10.2. The molecule has 0 aliphatic heterocycles. The van der Waals surface area contributed by atoms with Gasteiger partial charge in [-0.15, -0.1) is 11.3 Å². The van der Waals surface area contributed by atoms with E-state index in [1.807, 2.05) is 54.5 Å². The minimum Gasteiger partial charge on any atom is -0.335 e. The molecule has 20 heavy (non-hydrogen) atoms. The fourth-order valence-electron chi connectivity index (χ4n) is 1.87. The Bertz CT molecular complexity index is 590. The summed E-state index contributed by atoms with van der Waals surface area (Å²) in [6.07, 6.45) is 3.38. The topological polar surface area (TPSA) is 33.2 Å². The predicted molar refractivity (Wildman–Crippen MR) is 83.4 cm³/mol. The van der Waals surface area contributed by atoms with Gasteiger partial charge in [-0.3, -0.25) is 4.79 Å². The lowest BCUT2D eigenvalue weighted by Gasteiger charge is -2.19. The second-order valence-corrected chi connectivity index (χ2v) is 5.52. The van der Waals surface area contributed by atoms with Gasteiger partial charge in [-0.25, -0.2) is 4.98 Å². The van der Waals surface area contributed by atoms with E-state index >= 15 is 0 Å². The third-order valence-corrected chi connectivity index (χ3v) is 3.73. The highest BCUT2D eigenvalue weighted by atomic mass is 32.1. The van der Waals surface area contributed by atoms with Gasteiger partial charge in [0.2, 0.25) is 5.91 Å². The van der Waals surface area contributed by atoms with Gasteiger partial charge in [0.1, 0.15) is 0 Å². The molecular formula is C16H18N2OS. The Morgan fingerprint density at radius 3 is 2.70 bits per heavy atom. The van der Waals surface area contributed by atoms with E-state index in [-0.39, 0.29) is 5.91 Å². The summed E-state index contributed by atoms with van der Waals surface area (Å²) in [5.74, 6) is 0.0157. The summed E-state index contributed by atoms with van der Waals surface area (Å²) in [4.78, 5) is 18.3. The van der Waals surface area contributed by atoms with Crippen LogP contribution in [0.2, 0.25) is 0 Å². The summed E-state index contributed by atoms with van der Waals surface area (Å²) < 4.78 is 0. The average molecular weight is 286 g/mol. The predicted octanol–water partition coefficient (Wildman–Crippen LogP) is 3.51. The first kappa shape index (κ1) is 14.5. The summed E-state index contributed by atoms with van der Waals surface area (Å²) in [7, 11) is 0. The second-order valence-electron chi connectivity index (χ2n) is 4.46. The van der Waals surface area contributed by atoms with Crippen LogP contribution in [0.4, 0.5) is 0 Å². The number of rotatable bonds is 5. The maximum absolute atomic E-state index is 12.2. The van der Waals surface area contributed by atoms with Crippen LogP contribution in [0.25, 0.3) is 6.08 Å². The van der Waals surface area contributed by atoms with Gasteiger partial charge >= 0.3 is 0 Å². The van der Waals surface area contributed by atoms with Gasteiger partial charge in [0.25, 0.3) is 0 Å². The molecule has 0 atom stereocenters. The highest BCUT2D eigenvalue weighted by Gasteiger charge is 2.08. The van der Waals surface area contributed by atoms with E-state index in [1.54, 1.807) is 23.5 Å². The van der Waals surface area contributed by atoms with Crippen LogP contribution in [0.3, 0.4) is 0 Å². The molecule has 104 valence electrons. The third-order valence-electron chi connectivity index (χ3n) is 2.94. The number of amides is 1. The number of nitrogens with zero attached hydrogens (tertiary/aromatic N) is 2. The van der Waals surface area contributed by atoms with Gasteiger partial charge in [0.15, 0.2) is 0 Å². The fraction of sp³-hybridized carbons (Fsp3) is 0.250. The number of hydrogen-bond donors (Lipinski definition) is 0. The van der Waals surface area contributed by atoms with Crippen molar-refractivity contribution in [3.8, 4) is 0 Å². The van der Waals surface area contributed by atoms with Gasteiger partial charge in [0, 0.05) is 24.5 Å². The van der Waals surface area contributed by atoms with E-state index in [0.717, 1.165) is 16.3 Å². The van der Waals surface area contributed by atoms with Crippen LogP contribution in [0.15, 0.2) is 41.8 Å². The van der Waals surface area contributed by atoms with Crippen LogP contribution < -0.4 is 0 Å². The first-order chi connectivity index (χ1) is 9.69. The molecule has 0 aliphatic carbocycles. The van der Waals surface area contributed by atoms with Crippen LogP contribution in [0, 0.1) is 6.92 Å². The van der Waals surface area contributed by atoms with Gasteiger partial charge in [-0.2, -0.15) is 0 Å². The molecular weight excluding hydrogens is 268 g/mol. The monoisotopic (exact) mass is 286 g/mol. The molecule has 2 aromatic rings. The van der Waals surface area contributed by atoms with E-state index < -0.39 is 0 Å². The van der Waals surface area contributed by atoms with Crippen LogP contribution in [0.1, 0.15) is 23.2 Å². The molecule has 0 unspecified atom stereocenters. The highest BCUT2D eigenvalue weighted by Crippen LogP contribution is 2.10. The summed E-state index contributed by atoms with van der Waals surface area (Å²) in [6.45, 7) is 5.27. The number of aromatic nitrogens is 1. The van der Waals surface area contributed by atoms with Crippen molar-refractivity contribution >= 4 is 23.3 Å². The van der Waals surface area contributed by atoms with E-state index in [1.165, 1.54) is 0 Å². The zero-order chi connectivity index (χ0) is 14.4. The molecule has 1 heterocycles. The molecule has 0 bridgehead atoms. The zero-order valence-corrected chi connectivity index (χ0v) is 12.6. The Balaban J connectivity index is 2.00. The van der Waals surface area contributed by atoms with Crippen LogP contribution in [-0.2, 0) is 11.3 Å². The van der Waals surface area contributed by atoms with Crippen molar-refractivity contribution in [3.63, 3.8) is 0 Å². The molecule has 4 heteroatoms. The van der Waals surface area contributed by atoms with E-state index in [2.05, 4.69) is 4.98 Å². The van der Waals surface area contributed by atoms with Gasteiger partial charge in [-0.05, 0) is 25.5 Å². The van der Waals surface area contributed by atoms with Crippen molar-refractivity contribution in [2.24, 2.45) is 0 Å². The Hall–Kier alpha value is -1.94. The van der Waals surface area contributed by atoms with E-state index in [0.29, 0.717) is 13.1 Å². The van der Waals surface area contributed by atoms with Gasteiger partial charge < -0.3 is 4.90 Å². The molecule has 1 aromatic carbocycles. The summed E-state index contributed by atoms with van der Waals surface area (Å²) >= 11 is 1.59. The normalized spacial score (nSPS) is 10.9. The lowest BCUT2D eigenvalue weighted by Crippen LogP contribution is -2.28. The quantitative estimate of drug-likeness (QED) is 0.788. The standard InChI is InChI=1S/C16H18N2OS/c1-3-18(11-14-7-5-4-6-8-14)16(19)10-9-15-12-20-13(2)17-15/h4-10,12H,3,11H2,1-2H3. The molecule has 0 spiro atoms. The number of aryl methyl sites for hydroxylation is 1. The van der Waals surface area contributed by atoms with Crippen molar-refractivity contribution in [2.75, 3.05) is 6.54 Å². The summed E-state index contributed by atoms with van der Waals surface area (Å²) in [5, 5.41) is 2.96. The van der Waals surface area contributed by atoms with Gasteiger partial charge in [-0.1, -0.05) is 30.3 Å². The maximum atomic E-state index is 12.2. The minimum atomic E-state index is 0.0157. The third kappa shape index (κ3) is 4.03. The second kappa shape index (κ2) is 7.01. The van der Waals surface area contributed by atoms with Crippen molar-refractivity contribution in [1.29, 1.82) is 0 Å². The number of benzene rings is 1. The first-order valence-electron chi connectivity index (χ1n) is 6.62. The highest BCUT2D eigenvalue weighted by molar-refractivity contribution is 7.09. The zero-order valence-electron chi connectivity index (χ0n) is 11.7. The molecule has 3 nitrogen and oxygen atoms in total. The molecule has 2 rings (SSSR count). The van der Waals surface area contributed by atoms with Crippen molar-refractivity contribution in [3.05, 3.63) is 58.1 Å². The van der Waals surface area contributed by atoms with E-state index in [9.17, 15) is 4.79 Å². The number of thiazole rings is 1. The van der Waals surface area contributed by atoms with Crippen molar-refractivity contribution in [1.82, 2.24) is 9.88 Å². The summed E-state index contributed by atoms with van der Waals surface area (Å²) in [5.41, 5.74) is 1.98. The number of hydrogen-bond acceptors (Lipinski definition) is 3. The Morgan fingerprint density at radius 1 is 1.35 bits per heavy atom. The smallest absolute Gasteiger partial charge is 0.246 e. The fourth-order valence-corrected chi connectivity index (χ4v) is 2.45. The molecule has 0 radical (unpaired) electrons. The summed E-state index contributed by atoms with van der Waals surface area (Å²) in [6, 6.07) is 10.0. The molecule has 1 amide bonds. The average Bonchev–Trinajstić information content (AvgIpc) is 2.89. The molecule has 0 aliphatic rings. The van der Waals surface area contributed by atoms with Gasteiger partial charge in [0.05, 0.1) is 10.7 Å². The first-order valence-corrected chi connectivity index (χ1v) is 7.50. The SMILES string of the molecule is CCN(Cc1ccccc1)C(=O)C=Cc1csc(C)n1. The van der Waals surface area contributed by atoms with Crippen LogP contribution in [-0.4, -0.2) is 22.3 Å². The maximum Gasteiger partial charge on any atom is 0.246 e. The number of likely N-dealkylation sites (N-methyl/N-ethyl adjacent to an activating group) is 1. The van der Waals surface area contributed by atoms with Crippen LogP contribution in [0.5, 0.6) is 0 Å². The van der Waals surface area contributed by atoms with E-state index in [4.69, 9.17) is 0 Å². The largest absolute Gasteiger partial charge is 0.335 e. The molecule has 0 saturated carbocycles. The van der Waals surface area contributed by atoms with Crippen molar-refractivity contribution < 1.29 is 4.79 Å². The number of carbonyl (C=O) groups is 1. The number of carbonyl (C=O) groups excluding carboxylic acids is 1. The van der Waals surface area contributed by atoms with Crippen molar-refractivity contribution in [2.45, 2.75) is 20.4 Å². The van der Waals surface area contributed by atoms with Crippen LogP contribution >= 0.6 is 11.3 Å². The molecule has 0 saturated heterocycles. The Morgan fingerprint density at radius 2 is 2.10 bits per heavy atom. The Labute approximate surface area is 123 Å².